The number of nitrogens with two attached hydrogens (primary N) is 2. The van der Waals surface area contributed by atoms with Gasteiger partial charge in [-0.15, -0.1) is 0 Å². The van der Waals surface area contributed by atoms with E-state index in [0.717, 1.165) is 0 Å². The van der Waals surface area contributed by atoms with E-state index in [9.17, 15) is 29.1 Å². The molecule has 0 saturated heterocycles. The van der Waals surface area contributed by atoms with Crippen LogP contribution in [0, 0.1) is 0 Å². The molecule has 0 heterocycles. The Morgan fingerprint density at radius 2 is 1.63 bits per heavy atom. The van der Waals surface area contributed by atoms with Crippen LogP contribution in [0.3, 0.4) is 0 Å². The van der Waals surface area contributed by atoms with Crippen molar-refractivity contribution in [1.29, 1.82) is 0 Å². The number of hydrogen-bond acceptors (Lipinski definition) is 8. The van der Waals surface area contributed by atoms with E-state index < -0.39 is 67.3 Å². The maximum Gasteiger partial charge on any atom is 0.322 e. The van der Waals surface area contributed by atoms with Crippen LogP contribution in [0.4, 0.5) is 0 Å². The molecule has 27 heavy (non-hydrogen) atoms. The van der Waals surface area contributed by atoms with Crippen molar-refractivity contribution in [1.82, 2.24) is 16.0 Å². The number of amides is 4. The maximum absolute atomic E-state index is 12.4. The number of carbonyl (C=O) groups excluding carboxylic acids is 4. The second-order valence-corrected chi connectivity index (χ2v) is 6.46. The third kappa shape index (κ3) is 10.4. The molecule has 0 fully saturated rings. The van der Waals surface area contributed by atoms with Crippen molar-refractivity contribution >= 4 is 41.4 Å². The molecule has 0 rings (SSSR count). The molecule has 0 aliphatic heterocycles. The molecule has 4 amide bonds. The zero-order valence-corrected chi connectivity index (χ0v) is 15.6. The lowest BCUT2D eigenvalue weighted by Gasteiger charge is -2.23. The van der Waals surface area contributed by atoms with Crippen LogP contribution in [-0.2, 0) is 24.0 Å². The fourth-order valence-electron chi connectivity index (χ4n) is 1.85. The minimum Gasteiger partial charge on any atom is -0.480 e. The molecule has 13 heteroatoms. The molecule has 0 aromatic carbocycles. The number of carbonyl (C=O) groups is 5. The van der Waals surface area contributed by atoms with E-state index in [1.54, 1.807) is 6.26 Å². The van der Waals surface area contributed by atoms with Gasteiger partial charge in [-0.2, -0.15) is 11.8 Å². The van der Waals surface area contributed by atoms with E-state index in [-0.39, 0.29) is 6.42 Å². The first-order valence-electron chi connectivity index (χ1n) is 7.86. The predicted molar refractivity (Wildman–Crippen MR) is 96.4 cm³/mol. The van der Waals surface area contributed by atoms with Crippen LogP contribution in [-0.4, -0.2) is 83.1 Å². The third-order valence-corrected chi connectivity index (χ3v) is 3.87. The average Bonchev–Trinajstić information content (AvgIpc) is 2.59. The number of carboxylic acid groups (broad SMARTS) is 1. The number of carboxylic acids is 1. The SMILES string of the molecule is CSCCC(NC(=O)C(N)CC(N)=O)C(=O)NC(CO)C(=O)NCC(=O)O. The van der Waals surface area contributed by atoms with Gasteiger partial charge in [0.05, 0.1) is 19.1 Å². The zero-order valence-electron chi connectivity index (χ0n) is 14.8. The second kappa shape index (κ2) is 12.9. The lowest BCUT2D eigenvalue weighted by Crippen LogP contribution is -2.57. The molecule has 154 valence electrons. The van der Waals surface area contributed by atoms with Crippen molar-refractivity contribution in [3.05, 3.63) is 0 Å². The monoisotopic (exact) mass is 407 g/mol. The Bertz CT molecular complexity index is 560. The Balaban J connectivity index is 4.96. The van der Waals surface area contributed by atoms with E-state index in [1.165, 1.54) is 11.8 Å². The van der Waals surface area contributed by atoms with Gasteiger partial charge in [0.15, 0.2) is 0 Å². The van der Waals surface area contributed by atoms with Crippen LogP contribution in [0.5, 0.6) is 0 Å². The number of primary amides is 1. The van der Waals surface area contributed by atoms with E-state index in [1.807, 2.05) is 5.32 Å². The second-order valence-electron chi connectivity index (χ2n) is 5.47. The molecule has 0 spiro atoms. The Labute approximate surface area is 159 Å². The highest BCUT2D eigenvalue weighted by Crippen LogP contribution is 2.03. The summed E-state index contributed by atoms with van der Waals surface area (Å²) in [6.45, 7) is -1.46. The number of hydrogen-bond donors (Lipinski definition) is 7. The molecule has 0 saturated carbocycles. The van der Waals surface area contributed by atoms with Gasteiger partial charge in [-0.05, 0) is 18.4 Å². The molecule has 3 unspecified atom stereocenters. The normalized spacial score (nSPS) is 13.7. The third-order valence-electron chi connectivity index (χ3n) is 3.23. The first-order valence-corrected chi connectivity index (χ1v) is 9.25. The van der Waals surface area contributed by atoms with Crippen molar-refractivity contribution in [2.24, 2.45) is 11.5 Å². The number of thioether (sulfide) groups is 1. The summed E-state index contributed by atoms with van der Waals surface area (Å²) in [6.07, 6.45) is 1.57. The van der Waals surface area contributed by atoms with Crippen LogP contribution < -0.4 is 27.4 Å². The summed E-state index contributed by atoms with van der Waals surface area (Å²) in [5.74, 6) is -4.02. The summed E-state index contributed by atoms with van der Waals surface area (Å²) in [4.78, 5) is 57.5. The number of aliphatic hydroxyl groups excluding tert-OH is 1. The fraction of sp³-hybridized carbons (Fsp3) is 0.643. The molecule has 12 nitrogen and oxygen atoms in total. The predicted octanol–water partition coefficient (Wildman–Crippen LogP) is -3.90. The van der Waals surface area contributed by atoms with Gasteiger partial charge in [0.1, 0.15) is 18.6 Å². The van der Waals surface area contributed by atoms with Gasteiger partial charge >= 0.3 is 5.97 Å². The smallest absolute Gasteiger partial charge is 0.322 e. The molecular weight excluding hydrogens is 382 g/mol. The summed E-state index contributed by atoms with van der Waals surface area (Å²) in [5, 5.41) is 24.4. The van der Waals surface area contributed by atoms with Crippen LogP contribution in [0.1, 0.15) is 12.8 Å². The van der Waals surface area contributed by atoms with Crippen molar-refractivity contribution < 1.29 is 34.2 Å². The molecule has 0 bridgehead atoms. The number of rotatable bonds is 13. The van der Waals surface area contributed by atoms with Crippen molar-refractivity contribution in [2.45, 2.75) is 31.0 Å². The summed E-state index contributed by atoms with van der Waals surface area (Å²) < 4.78 is 0. The van der Waals surface area contributed by atoms with Gasteiger partial charge in [-0.3, -0.25) is 24.0 Å². The van der Waals surface area contributed by atoms with Crippen molar-refractivity contribution in [2.75, 3.05) is 25.2 Å². The first-order chi connectivity index (χ1) is 12.6. The minimum atomic E-state index is -1.40. The molecule has 0 aromatic heterocycles. The summed E-state index contributed by atoms with van der Waals surface area (Å²) in [5.41, 5.74) is 10.5. The van der Waals surface area contributed by atoms with Crippen molar-refractivity contribution in [3.63, 3.8) is 0 Å². The standard InChI is InChI=1S/C14H25N5O7S/c1-27-3-2-8(18-12(24)7(15)4-10(16)21)14(26)19-9(6-20)13(25)17-5-11(22)23/h7-9,20H,2-6,15H2,1H3,(H2,16,21)(H,17,25)(H,18,24)(H,19,26)(H,22,23). The fourth-order valence-corrected chi connectivity index (χ4v) is 2.32. The summed E-state index contributed by atoms with van der Waals surface area (Å²) in [6, 6.07) is -3.71. The van der Waals surface area contributed by atoms with Crippen LogP contribution >= 0.6 is 11.8 Å². The summed E-state index contributed by atoms with van der Waals surface area (Å²) in [7, 11) is 0. The lowest BCUT2D eigenvalue weighted by atomic mass is 10.1. The first kappa shape index (κ1) is 24.6. The van der Waals surface area contributed by atoms with E-state index >= 15 is 0 Å². The van der Waals surface area contributed by atoms with Gasteiger partial charge in [-0.1, -0.05) is 0 Å². The van der Waals surface area contributed by atoms with Gasteiger partial charge in [0.2, 0.25) is 23.6 Å². The van der Waals surface area contributed by atoms with E-state index in [4.69, 9.17) is 16.6 Å². The topological polar surface area (TPSA) is 214 Å². The van der Waals surface area contributed by atoms with Crippen LogP contribution in [0.2, 0.25) is 0 Å². The largest absolute Gasteiger partial charge is 0.480 e. The molecule has 0 aliphatic rings. The van der Waals surface area contributed by atoms with Gasteiger partial charge < -0.3 is 37.6 Å². The Morgan fingerprint density at radius 3 is 2.11 bits per heavy atom. The average molecular weight is 407 g/mol. The van der Waals surface area contributed by atoms with E-state index in [2.05, 4.69) is 10.6 Å². The highest BCUT2D eigenvalue weighted by molar-refractivity contribution is 7.98. The Hall–Kier alpha value is -2.38. The number of aliphatic carboxylic acids is 1. The molecular formula is C14H25N5O7S. The maximum atomic E-state index is 12.4. The zero-order chi connectivity index (χ0) is 21.0. The highest BCUT2D eigenvalue weighted by Gasteiger charge is 2.28. The quantitative estimate of drug-likeness (QED) is 0.159. The molecule has 0 aliphatic carbocycles. The molecule has 0 aromatic rings. The molecule has 0 radical (unpaired) electrons. The van der Waals surface area contributed by atoms with Crippen LogP contribution in [0.15, 0.2) is 0 Å². The Kier molecular flexibility index (Phi) is 11.8. The van der Waals surface area contributed by atoms with Crippen LogP contribution in [0.25, 0.3) is 0 Å². The van der Waals surface area contributed by atoms with Crippen molar-refractivity contribution in [3.8, 4) is 0 Å². The lowest BCUT2D eigenvalue weighted by molar-refractivity contribution is -0.139. The van der Waals surface area contributed by atoms with E-state index in [0.29, 0.717) is 5.75 Å². The number of nitrogens with one attached hydrogen (secondary N) is 3. The number of aliphatic hydroxyl groups is 1. The van der Waals surface area contributed by atoms with Gasteiger partial charge in [0, 0.05) is 0 Å². The highest BCUT2D eigenvalue weighted by atomic mass is 32.2. The Morgan fingerprint density at radius 1 is 1.04 bits per heavy atom. The van der Waals surface area contributed by atoms with Gasteiger partial charge in [-0.25, -0.2) is 0 Å². The molecule has 9 N–H and O–H groups in total. The van der Waals surface area contributed by atoms with Gasteiger partial charge in [0.25, 0.3) is 0 Å². The minimum absolute atomic E-state index is 0.191. The molecule has 3 atom stereocenters. The summed E-state index contributed by atoms with van der Waals surface area (Å²) >= 11 is 1.41.